The van der Waals surface area contributed by atoms with Gasteiger partial charge in [-0.2, -0.15) is 0 Å². The van der Waals surface area contributed by atoms with Crippen molar-refractivity contribution in [3.8, 4) is 11.5 Å². The Labute approximate surface area is 132 Å². The van der Waals surface area contributed by atoms with Gasteiger partial charge in [0.05, 0.1) is 0 Å². The van der Waals surface area contributed by atoms with Crippen LogP contribution in [0, 0.1) is 19.7 Å². The van der Waals surface area contributed by atoms with Gasteiger partial charge in [0.1, 0.15) is 5.82 Å². The van der Waals surface area contributed by atoms with Gasteiger partial charge in [-0.15, -0.1) is 10.2 Å². The van der Waals surface area contributed by atoms with Crippen LogP contribution in [-0.4, -0.2) is 10.2 Å². The largest absolute Gasteiger partial charge is 0.411 e. The second kappa shape index (κ2) is 6.32. The molecule has 0 spiro atoms. The van der Waals surface area contributed by atoms with E-state index in [1.54, 1.807) is 6.07 Å². The van der Waals surface area contributed by atoms with E-state index in [1.807, 2.05) is 32.0 Å². The number of thioether (sulfide) groups is 1. The van der Waals surface area contributed by atoms with Gasteiger partial charge in [0.25, 0.3) is 5.22 Å². The summed E-state index contributed by atoms with van der Waals surface area (Å²) in [6.07, 6.45) is 0. The van der Waals surface area contributed by atoms with E-state index in [0.29, 0.717) is 16.9 Å². The molecule has 3 rings (SSSR count). The van der Waals surface area contributed by atoms with Crippen molar-refractivity contribution < 1.29 is 8.81 Å². The first kappa shape index (κ1) is 14.8. The third-order valence-corrected chi connectivity index (χ3v) is 4.02. The lowest BCUT2D eigenvalue weighted by atomic mass is 10.1. The van der Waals surface area contributed by atoms with Crippen molar-refractivity contribution in [1.82, 2.24) is 10.2 Å². The number of hydrogen-bond acceptors (Lipinski definition) is 4. The zero-order valence-corrected chi connectivity index (χ0v) is 13.2. The molecule has 0 saturated heterocycles. The highest BCUT2D eigenvalue weighted by molar-refractivity contribution is 7.98. The van der Waals surface area contributed by atoms with Crippen LogP contribution < -0.4 is 0 Å². The Kier molecular flexibility index (Phi) is 4.24. The first-order valence-corrected chi connectivity index (χ1v) is 7.88. The van der Waals surface area contributed by atoms with Crippen molar-refractivity contribution in [1.29, 1.82) is 0 Å². The fraction of sp³-hybridized carbons (Fsp3) is 0.176. The highest BCUT2D eigenvalue weighted by atomic mass is 32.2. The fourth-order valence-corrected chi connectivity index (χ4v) is 2.96. The predicted molar refractivity (Wildman–Crippen MR) is 85.2 cm³/mol. The lowest BCUT2D eigenvalue weighted by molar-refractivity contribution is 0.466. The molecule has 0 aliphatic heterocycles. The molecule has 0 fully saturated rings. The molecule has 3 aromatic rings. The number of hydrogen-bond donors (Lipinski definition) is 0. The van der Waals surface area contributed by atoms with Gasteiger partial charge in [-0.05, 0) is 43.7 Å². The van der Waals surface area contributed by atoms with Crippen LogP contribution in [-0.2, 0) is 5.75 Å². The Morgan fingerprint density at radius 2 is 1.82 bits per heavy atom. The Hall–Kier alpha value is -2.14. The lowest BCUT2D eigenvalue weighted by Gasteiger charge is -2.00. The van der Waals surface area contributed by atoms with Gasteiger partial charge < -0.3 is 4.42 Å². The Bertz CT molecular complexity index is 781. The summed E-state index contributed by atoms with van der Waals surface area (Å²) in [4.78, 5) is 0. The summed E-state index contributed by atoms with van der Waals surface area (Å²) in [7, 11) is 0. The minimum atomic E-state index is -0.237. The van der Waals surface area contributed by atoms with Gasteiger partial charge in [0.15, 0.2) is 0 Å². The van der Waals surface area contributed by atoms with Crippen LogP contribution in [0.2, 0.25) is 0 Å². The van der Waals surface area contributed by atoms with Gasteiger partial charge in [-0.3, -0.25) is 0 Å². The van der Waals surface area contributed by atoms with E-state index in [0.717, 1.165) is 22.3 Å². The molecule has 112 valence electrons. The van der Waals surface area contributed by atoms with Crippen LogP contribution in [0.25, 0.3) is 11.5 Å². The van der Waals surface area contributed by atoms with Crippen LogP contribution in [0.1, 0.15) is 16.7 Å². The number of nitrogens with zero attached hydrogens (tertiary/aromatic N) is 2. The molecule has 1 heterocycles. The van der Waals surface area contributed by atoms with Crippen molar-refractivity contribution in [3.05, 3.63) is 65.0 Å². The summed E-state index contributed by atoms with van der Waals surface area (Å²) >= 11 is 1.40. The monoisotopic (exact) mass is 314 g/mol. The summed E-state index contributed by atoms with van der Waals surface area (Å²) in [5.74, 6) is 0.861. The van der Waals surface area contributed by atoms with E-state index in [1.165, 1.54) is 23.9 Å². The fourth-order valence-electron chi connectivity index (χ4n) is 2.25. The van der Waals surface area contributed by atoms with Crippen LogP contribution in [0.3, 0.4) is 0 Å². The molecule has 0 amide bonds. The van der Waals surface area contributed by atoms with Gasteiger partial charge >= 0.3 is 0 Å². The van der Waals surface area contributed by atoms with Crippen molar-refractivity contribution in [2.75, 3.05) is 0 Å². The van der Waals surface area contributed by atoms with E-state index >= 15 is 0 Å². The van der Waals surface area contributed by atoms with Crippen molar-refractivity contribution in [2.45, 2.75) is 24.8 Å². The number of halogens is 1. The third-order valence-electron chi connectivity index (χ3n) is 3.13. The molecule has 22 heavy (non-hydrogen) atoms. The molecule has 0 aliphatic carbocycles. The molecule has 2 aromatic carbocycles. The summed E-state index contributed by atoms with van der Waals surface area (Å²) < 4.78 is 18.8. The van der Waals surface area contributed by atoms with Crippen molar-refractivity contribution in [3.63, 3.8) is 0 Å². The number of aryl methyl sites for hydroxylation is 2. The summed E-state index contributed by atoms with van der Waals surface area (Å²) in [5, 5.41) is 8.61. The highest BCUT2D eigenvalue weighted by Crippen LogP contribution is 2.26. The molecule has 0 radical (unpaired) electrons. The SMILES string of the molecule is Cc1cc(C)cc(-c2nnc(SCc3cccc(F)c3)o2)c1. The Balaban J connectivity index is 1.73. The van der Waals surface area contributed by atoms with Gasteiger partial charge in [-0.25, -0.2) is 4.39 Å². The van der Waals surface area contributed by atoms with E-state index in [4.69, 9.17) is 4.42 Å². The van der Waals surface area contributed by atoms with E-state index in [9.17, 15) is 4.39 Å². The maximum absolute atomic E-state index is 13.1. The number of benzene rings is 2. The highest BCUT2D eigenvalue weighted by Gasteiger charge is 2.10. The summed E-state index contributed by atoms with van der Waals surface area (Å²) in [6, 6.07) is 12.6. The number of aromatic nitrogens is 2. The lowest BCUT2D eigenvalue weighted by Crippen LogP contribution is -1.82. The first-order valence-electron chi connectivity index (χ1n) is 6.89. The normalized spacial score (nSPS) is 10.9. The Morgan fingerprint density at radius 3 is 2.55 bits per heavy atom. The first-order chi connectivity index (χ1) is 10.6. The molecule has 0 bridgehead atoms. The van der Waals surface area contributed by atoms with Crippen LogP contribution in [0.5, 0.6) is 0 Å². The molecular formula is C17H15FN2OS. The average molecular weight is 314 g/mol. The maximum atomic E-state index is 13.1. The molecule has 1 aromatic heterocycles. The quantitative estimate of drug-likeness (QED) is 0.649. The molecule has 0 N–H and O–H groups in total. The zero-order chi connectivity index (χ0) is 15.5. The maximum Gasteiger partial charge on any atom is 0.277 e. The van der Waals surface area contributed by atoms with Crippen molar-refractivity contribution in [2.24, 2.45) is 0 Å². The summed E-state index contributed by atoms with van der Waals surface area (Å²) in [5.41, 5.74) is 4.11. The van der Waals surface area contributed by atoms with Gasteiger partial charge in [0.2, 0.25) is 5.89 Å². The molecule has 0 aliphatic rings. The summed E-state index contributed by atoms with van der Waals surface area (Å²) in [6.45, 7) is 4.07. The molecule has 0 atom stereocenters. The van der Waals surface area contributed by atoms with Crippen LogP contribution in [0.15, 0.2) is 52.1 Å². The third kappa shape index (κ3) is 3.54. The van der Waals surface area contributed by atoms with Gasteiger partial charge in [-0.1, -0.05) is 41.1 Å². The molecular weight excluding hydrogens is 299 g/mol. The number of rotatable bonds is 4. The van der Waals surface area contributed by atoms with E-state index in [2.05, 4.69) is 16.3 Å². The van der Waals surface area contributed by atoms with Crippen LogP contribution >= 0.6 is 11.8 Å². The van der Waals surface area contributed by atoms with E-state index in [-0.39, 0.29) is 5.82 Å². The predicted octanol–water partition coefficient (Wildman–Crippen LogP) is 4.78. The molecule has 3 nitrogen and oxygen atoms in total. The Morgan fingerprint density at radius 1 is 1.05 bits per heavy atom. The average Bonchev–Trinajstić information content (AvgIpc) is 2.93. The zero-order valence-electron chi connectivity index (χ0n) is 12.3. The molecule has 0 unspecified atom stereocenters. The van der Waals surface area contributed by atoms with E-state index < -0.39 is 0 Å². The molecule has 0 saturated carbocycles. The second-order valence-electron chi connectivity index (χ2n) is 5.17. The smallest absolute Gasteiger partial charge is 0.277 e. The topological polar surface area (TPSA) is 38.9 Å². The minimum absolute atomic E-state index is 0.237. The van der Waals surface area contributed by atoms with Crippen molar-refractivity contribution >= 4 is 11.8 Å². The second-order valence-corrected chi connectivity index (χ2v) is 6.09. The minimum Gasteiger partial charge on any atom is -0.411 e. The molecule has 5 heteroatoms. The van der Waals surface area contributed by atoms with Crippen LogP contribution in [0.4, 0.5) is 4.39 Å². The standard InChI is InChI=1S/C17H15FN2OS/c1-11-6-12(2)8-14(7-11)16-19-20-17(21-16)22-10-13-4-3-5-15(18)9-13/h3-9H,10H2,1-2H3. The van der Waals surface area contributed by atoms with Gasteiger partial charge in [0, 0.05) is 11.3 Å².